The van der Waals surface area contributed by atoms with Crippen molar-refractivity contribution in [1.29, 1.82) is 0 Å². The molecule has 1 aliphatic carbocycles. The van der Waals surface area contributed by atoms with Crippen LogP contribution >= 0.6 is 0 Å². The van der Waals surface area contributed by atoms with Gasteiger partial charge in [0.2, 0.25) is 0 Å². The van der Waals surface area contributed by atoms with Crippen molar-refractivity contribution in [2.45, 2.75) is 45.6 Å². The van der Waals surface area contributed by atoms with Crippen molar-refractivity contribution in [2.24, 2.45) is 0 Å². The van der Waals surface area contributed by atoms with Crippen LogP contribution in [0.3, 0.4) is 0 Å². The minimum atomic E-state index is 0.519. The molecule has 1 N–H and O–H groups in total. The molecular weight excluding hydrogens is 174 g/mol. The Hall–Kier alpha value is -1.12. The van der Waals surface area contributed by atoms with Gasteiger partial charge in [-0.1, -0.05) is 13.8 Å². The minimum Gasteiger partial charge on any atom is -0.366 e. The lowest BCUT2D eigenvalue weighted by Gasteiger charge is -2.10. The second-order valence-corrected chi connectivity index (χ2v) is 4.34. The summed E-state index contributed by atoms with van der Waals surface area (Å²) in [6.07, 6.45) is 2.54. The normalized spacial score (nSPS) is 16.0. The molecule has 1 aliphatic rings. The monoisotopic (exact) mass is 191 g/mol. The molecule has 0 amide bonds. The van der Waals surface area contributed by atoms with Crippen LogP contribution in [0.25, 0.3) is 0 Å². The molecule has 0 aromatic carbocycles. The number of nitrogens with one attached hydrogen (secondary N) is 1. The molecular formula is C11H17N3. The Kier molecular flexibility index (Phi) is 2.40. The summed E-state index contributed by atoms with van der Waals surface area (Å²) in [4.78, 5) is 0. The molecule has 3 nitrogen and oxygen atoms in total. The lowest BCUT2D eigenvalue weighted by Crippen LogP contribution is -2.07. The molecule has 76 valence electrons. The zero-order valence-electron chi connectivity index (χ0n) is 9.04. The number of aromatic nitrogens is 2. The summed E-state index contributed by atoms with van der Waals surface area (Å²) >= 11 is 0. The van der Waals surface area contributed by atoms with Crippen LogP contribution in [-0.2, 0) is 0 Å². The number of aryl methyl sites for hydroxylation is 1. The first-order chi connectivity index (χ1) is 6.66. The minimum absolute atomic E-state index is 0.519. The first-order valence-corrected chi connectivity index (χ1v) is 5.27. The summed E-state index contributed by atoms with van der Waals surface area (Å²) in [5.74, 6) is 1.45. The first-order valence-electron chi connectivity index (χ1n) is 5.27. The maximum absolute atomic E-state index is 4.17. The van der Waals surface area contributed by atoms with Crippen LogP contribution in [-0.4, -0.2) is 16.2 Å². The van der Waals surface area contributed by atoms with Gasteiger partial charge in [0.05, 0.1) is 5.69 Å². The topological polar surface area (TPSA) is 37.8 Å². The number of anilines is 1. The maximum atomic E-state index is 4.17. The van der Waals surface area contributed by atoms with Crippen molar-refractivity contribution in [3.63, 3.8) is 0 Å². The van der Waals surface area contributed by atoms with E-state index in [1.54, 1.807) is 0 Å². The predicted octanol–water partition coefficient (Wildman–Crippen LogP) is 2.48. The summed E-state index contributed by atoms with van der Waals surface area (Å²) in [6, 6.07) is 2.78. The van der Waals surface area contributed by atoms with E-state index < -0.39 is 0 Å². The van der Waals surface area contributed by atoms with Gasteiger partial charge in [0.1, 0.15) is 5.82 Å². The Balaban J connectivity index is 2.20. The van der Waals surface area contributed by atoms with E-state index in [-0.39, 0.29) is 0 Å². The van der Waals surface area contributed by atoms with Crippen molar-refractivity contribution in [1.82, 2.24) is 10.2 Å². The number of hydrogen-bond donors (Lipinski definition) is 1. The first kappa shape index (κ1) is 9.44. The summed E-state index contributed by atoms with van der Waals surface area (Å²) in [7, 11) is 0. The van der Waals surface area contributed by atoms with Crippen LogP contribution in [0.4, 0.5) is 5.82 Å². The van der Waals surface area contributed by atoms with E-state index in [0.717, 1.165) is 11.5 Å². The largest absolute Gasteiger partial charge is 0.366 e. The van der Waals surface area contributed by atoms with E-state index in [1.807, 2.05) is 6.92 Å². The van der Waals surface area contributed by atoms with Gasteiger partial charge in [-0.3, -0.25) is 0 Å². The Morgan fingerprint density at radius 1 is 1.36 bits per heavy atom. The highest BCUT2D eigenvalue weighted by atomic mass is 15.2. The molecule has 0 atom stereocenters. The molecule has 0 spiro atoms. The van der Waals surface area contributed by atoms with E-state index in [4.69, 9.17) is 0 Å². The second kappa shape index (κ2) is 3.56. The fraction of sp³-hybridized carbons (Fsp3) is 0.636. The number of hydrogen-bond acceptors (Lipinski definition) is 3. The van der Waals surface area contributed by atoms with Crippen molar-refractivity contribution < 1.29 is 0 Å². The SMILES string of the molecule is Cc1nnc(NC2CC2)cc1C(C)C. The average molecular weight is 191 g/mol. The van der Waals surface area contributed by atoms with E-state index in [9.17, 15) is 0 Å². The van der Waals surface area contributed by atoms with E-state index in [1.165, 1.54) is 18.4 Å². The summed E-state index contributed by atoms with van der Waals surface area (Å²) in [6.45, 7) is 6.39. The highest BCUT2D eigenvalue weighted by molar-refractivity contribution is 5.41. The Bertz CT molecular complexity index is 329. The molecule has 3 heteroatoms. The zero-order chi connectivity index (χ0) is 10.1. The molecule has 1 aromatic heterocycles. The van der Waals surface area contributed by atoms with Crippen LogP contribution in [0, 0.1) is 6.92 Å². The highest BCUT2D eigenvalue weighted by Gasteiger charge is 2.21. The van der Waals surface area contributed by atoms with Crippen molar-refractivity contribution in [3.8, 4) is 0 Å². The molecule has 2 rings (SSSR count). The molecule has 1 fully saturated rings. The Morgan fingerprint density at radius 3 is 2.64 bits per heavy atom. The summed E-state index contributed by atoms with van der Waals surface area (Å²) < 4.78 is 0. The van der Waals surface area contributed by atoms with Crippen LogP contribution in [0.1, 0.15) is 43.9 Å². The van der Waals surface area contributed by atoms with Gasteiger partial charge in [-0.05, 0) is 37.3 Å². The summed E-state index contributed by atoms with van der Waals surface area (Å²) in [5.41, 5.74) is 2.34. The van der Waals surface area contributed by atoms with Gasteiger partial charge in [-0.15, -0.1) is 5.10 Å². The molecule has 0 aliphatic heterocycles. The molecule has 1 aromatic rings. The lowest BCUT2D eigenvalue weighted by atomic mass is 10.0. The van der Waals surface area contributed by atoms with Crippen LogP contribution in [0.15, 0.2) is 6.07 Å². The zero-order valence-corrected chi connectivity index (χ0v) is 9.04. The highest BCUT2D eigenvalue weighted by Crippen LogP contribution is 2.25. The smallest absolute Gasteiger partial charge is 0.149 e. The van der Waals surface area contributed by atoms with Crippen molar-refractivity contribution >= 4 is 5.82 Å². The molecule has 0 saturated heterocycles. The molecule has 14 heavy (non-hydrogen) atoms. The quantitative estimate of drug-likeness (QED) is 0.797. The molecule has 1 saturated carbocycles. The third kappa shape index (κ3) is 2.03. The Labute approximate surface area is 84.9 Å². The van der Waals surface area contributed by atoms with Gasteiger partial charge >= 0.3 is 0 Å². The fourth-order valence-corrected chi connectivity index (χ4v) is 1.56. The third-order valence-corrected chi connectivity index (χ3v) is 2.57. The number of rotatable bonds is 3. The van der Waals surface area contributed by atoms with E-state index in [0.29, 0.717) is 12.0 Å². The van der Waals surface area contributed by atoms with E-state index >= 15 is 0 Å². The maximum Gasteiger partial charge on any atom is 0.149 e. The second-order valence-electron chi connectivity index (χ2n) is 4.34. The predicted molar refractivity (Wildman–Crippen MR) is 57.5 cm³/mol. The molecule has 1 heterocycles. The van der Waals surface area contributed by atoms with Gasteiger partial charge in [0, 0.05) is 6.04 Å². The van der Waals surface area contributed by atoms with E-state index in [2.05, 4.69) is 35.4 Å². The molecule has 0 unspecified atom stereocenters. The van der Waals surface area contributed by atoms with Gasteiger partial charge in [-0.2, -0.15) is 5.10 Å². The van der Waals surface area contributed by atoms with Crippen molar-refractivity contribution in [3.05, 3.63) is 17.3 Å². The molecule has 0 bridgehead atoms. The molecule has 0 radical (unpaired) electrons. The standard InChI is InChI=1S/C11H17N3/c1-7(2)10-6-11(12-9-4-5-9)14-13-8(10)3/h6-7,9H,4-5H2,1-3H3,(H,12,14). The average Bonchev–Trinajstić information content (AvgIpc) is 2.92. The Morgan fingerprint density at radius 2 is 2.07 bits per heavy atom. The van der Waals surface area contributed by atoms with Gasteiger partial charge in [0.25, 0.3) is 0 Å². The van der Waals surface area contributed by atoms with Crippen LogP contribution < -0.4 is 5.32 Å². The van der Waals surface area contributed by atoms with Gasteiger partial charge in [-0.25, -0.2) is 0 Å². The van der Waals surface area contributed by atoms with Crippen molar-refractivity contribution in [2.75, 3.05) is 5.32 Å². The van der Waals surface area contributed by atoms with Gasteiger partial charge in [0.15, 0.2) is 0 Å². The lowest BCUT2D eigenvalue weighted by molar-refractivity contribution is 0.818. The fourth-order valence-electron chi connectivity index (χ4n) is 1.56. The summed E-state index contributed by atoms with van der Waals surface area (Å²) in [5, 5.41) is 11.7. The van der Waals surface area contributed by atoms with Crippen LogP contribution in [0.2, 0.25) is 0 Å². The van der Waals surface area contributed by atoms with Gasteiger partial charge < -0.3 is 5.32 Å². The number of nitrogens with zero attached hydrogens (tertiary/aromatic N) is 2. The third-order valence-electron chi connectivity index (χ3n) is 2.57. The van der Waals surface area contributed by atoms with Crippen LogP contribution in [0.5, 0.6) is 0 Å².